The van der Waals surface area contributed by atoms with Crippen molar-refractivity contribution in [2.24, 2.45) is 0 Å². The Morgan fingerprint density at radius 1 is 1.20 bits per heavy atom. The van der Waals surface area contributed by atoms with Crippen molar-refractivity contribution in [1.82, 2.24) is 0 Å². The zero-order chi connectivity index (χ0) is 8.04. The van der Waals surface area contributed by atoms with Gasteiger partial charge in [-0.2, -0.15) is 0 Å². The molecule has 0 bridgehead atoms. The lowest BCUT2D eigenvalue weighted by atomic mass is 10.8. The Hall–Kier alpha value is -0.330. The molecule has 0 aliphatic heterocycles. The maximum atomic E-state index is 11.1. The molecule has 0 saturated carbocycles. The second kappa shape index (κ2) is 4.48. The summed E-state index contributed by atoms with van der Waals surface area (Å²) in [5.74, 6) is 0. The van der Waals surface area contributed by atoms with Crippen molar-refractivity contribution >= 4 is 0 Å². The van der Waals surface area contributed by atoms with Gasteiger partial charge in [0.05, 0.1) is 6.61 Å². The molecule has 0 saturated heterocycles. The minimum absolute atomic E-state index is 0.0656. The first-order valence-electron chi connectivity index (χ1n) is 2.42. The van der Waals surface area contributed by atoms with E-state index in [1.807, 2.05) is 0 Å². The molecule has 0 aliphatic carbocycles. The van der Waals surface area contributed by atoms with Gasteiger partial charge < -0.3 is 4.74 Å². The number of methoxy groups -OCH3 is 1. The molecular formula is C4H7F3O3. The number of hydrogen-bond acceptors (Lipinski definition) is 3. The standard InChI is InChI=1S/C4H7F3O3/c1-8-2-3-9-10-4(5,6)7/h2-3H2,1H3. The van der Waals surface area contributed by atoms with E-state index in [1.54, 1.807) is 0 Å². The van der Waals surface area contributed by atoms with E-state index in [0.717, 1.165) is 0 Å². The van der Waals surface area contributed by atoms with Crippen LogP contribution >= 0.6 is 0 Å². The number of rotatable bonds is 4. The SMILES string of the molecule is COCCOOC(F)(F)F. The molecule has 0 aromatic carbocycles. The minimum atomic E-state index is -4.73. The highest BCUT2D eigenvalue weighted by Gasteiger charge is 2.30. The zero-order valence-electron chi connectivity index (χ0n) is 5.27. The second-order valence-electron chi connectivity index (χ2n) is 1.34. The van der Waals surface area contributed by atoms with Gasteiger partial charge in [0.2, 0.25) is 0 Å². The molecule has 0 atom stereocenters. The van der Waals surface area contributed by atoms with E-state index >= 15 is 0 Å². The molecule has 0 radical (unpaired) electrons. The smallest absolute Gasteiger partial charge is 0.382 e. The van der Waals surface area contributed by atoms with Crippen LogP contribution in [0.4, 0.5) is 13.2 Å². The monoisotopic (exact) mass is 160 g/mol. The molecule has 0 aliphatic rings. The van der Waals surface area contributed by atoms with E-state index in [1.165, 1.54) is 7.11 Å². The summed E-state index contributed by atoms with van der Waals surface area (Å²) in [5.41, 5.74) is 0. The largest absolute Gasteiger partial charge is 0.549 e. The fourth-order valence-corrected chi connectivity index (χ4v) is 0.226. The minimum Gasteiger partial charge on any atom is -0.382 e. The molecule has 10 heavy (non-hydrogen) atoms. The molecule has 0 amide bonds. The van der Waals surface area contributed by atoms with Crippen molar-refractivity contribution in [2.75, 3.05) is 20.3 Å². The first kappa shape index (κ1) is 9.67. The van der Waals surface area contributed by atoms with Crippen LogP contribution < -0.4 is 0 Å². The van der Waals surface area contributed by atoms with Crippen LogP contribution in [0.5, 0.6) is 0 Å². The molecular weight excluding hydrogens is 153 g/mol. The highest BCUT2D eigenvalue weighted by molar-refractivity contribution is 4.20. The van der Waals surface area contributed by atoms with E-state index in [0.29, 0.717) is 0 Å². The van der Waals surface area contributed by atoms with E-state index in [9.17, 15) is 13.2 Å². The Morgan fingerprint density at radius 2 is 1.80 bits per heavy atom. The highest BCUT2D eigenvalue weighted by atomic mass is 19.4. The van der Waals surface area contributed by atoms with Gasteiger partial charge in [0.25, 0.3) is 0 Å². The van der Waals surface area contributed by atoms with Gasteiger partial charge in [0, 0.05) is 7.11 Å². The predicted octanol–water partition coefficient (Wildman–Crippen LogP) is 1.10. The quantitative estimate of drug-likeness (QED) is 0.350. The molecule has 0 heterocycles. The molecule has 62 valence electrons. The first-order chi connectivity index (χ1) is 4.56. The second-order valence-corrected chi connectivity index (χ2v) is 1.34. The number of halogens is 3. The molecule has 6 heteroatoms. The number of alkyl halides is 3. The summed E-state index contributed by atoms with van der Waals surface area (Å²) in [7, 11) is 1.34. The third-order valence-corrected chi connectivity index (χ3v) is 0.524. The van der Waals surface area contributed by atoms with Crippen molar-refractivity contribution in [2.45, 2.75) is 6.36 Å². The molecule has 0 unspecified atom stereocenters. The summed E-state index contributed by atoms with van der Waals surface area (Å²) in [4.78, 5) is 6.64. The lowest BCUT2D eigenvalue weighted by Gasteiger charge is -2.04. The number of ether oxygens (including phenoxy) is 1. The Balaban J connectivity index is 3.04. The molecule has 0 aromatic heterocycles. The first-order valence-corrected chi connectivity index (χ1v) is 2.42. The van der Waals surface area contributed by atoms with Crippen LogP contribution in [0, 0.1) is 0 Å². The van der Waals surface area contributed by atoms with E-state index in [-0.39, 0.29) is 13.2 Å². The molecule has 0 N–H and O–H groups in total. The lowest BCUT2D eigenvalue weighted by Crippen LogP contribution is -2.15. The molecule has 0 fully saturated rings. The molecule has 0 aromatic rings. The predicted molar refractivity (Wildman–Crippen MR) is 25.0 cm³/mol. The van der Waals surface area contributed by atoms with Gasteiger partial charge in [-0.3, -0.25) is 0 Å². The van der Waals surface area contributed by atoms with Crippen molar-refractivity contribution < 1.29 is 27.7 Å². The van der Waals surface area contributed by atoms with Crippen LogP contribution in [0.1, 0.15) is 0 Å². The Morgan fingerprint density at radius 3 is 2.20 bits per heavy atom. The molecule has 3 nitrogen and oxygen atoms in total. The average molecular weight is 160 g/mol. The maximum Gasteiger partial charge on any atom is 0.549 e. The van der Waals surface area contributed by atoms with Gasteiger partial charge in [-0.1, -0.05) is 0 Å². The van der Waals surface area contributed by atoms with Crippen LogP contribution in [0.15, 0.2) is 0 Å². The summed E-state index contributed by atoms with van der Waals surface area (Å²) < 4.78 is 37.7. The van der Waals surface area contributed by atoms with Crippen LogP contribution in [-0.4, -0.2) is 26.7 Å². The summed E-state index contributed by atoms with van der Waals surface area (Å²) in [6.07, 6.45) is -4.73. The van der Waals surface area contributed by atoms with Gasteiger partial charge in [-0.15, -0.1) is 18.1 Å². The van der Waals surface area contributed by atoms with E-state index in [2.05, 4.69) is 14.5 Å². The zero-order valence-corrected chi connectivity index (χ0v) is 5.27. The third-order valence-electron chi connectivity index (χ3n) is 0.524. The Bertz CT molecular complexity index is 82.3. The molecule has 0 spiro atoms. The Kier molecular flexibility index (Phi) is 4.33. The third kappa shape index (κ3) is 7.67. The fourth-order valence-electron chi connectivity index (χ4n) is 0.226. The van der Waals surface area contributed by atoms with Gasteiger partial charge in [0.1, 0.15) is 6.61 Å². The van der Waals surface area contributed by atoms with E-state index < -0.39 is 6.36 Å². The van der Waals surface area contributed by atoms with Crippen LogP contribution in [0.2, 0.25) is 0 Å². The topological polar surface area (TPSA) is 27.7 Å². The van der Waals surface area contributed by atoms with Gasteiger partial charge in [0.15, 0.2) is 0 Å². The lowest BCUT2D eigenvalue weighted by molar-refractivity contribution is -0.484. The summed E-state index contributed by atoms with van der Waals surface area (Å²) in [6, 6.07) is 0. The normalized spacial score (nSPS) is 12.0. The summed E-state index contributed by atoms with van der Waals surface area (Å²) in [6.45, 7) is -0.175. The maximum absolute atomic E-state index is 11.1. The van der Waals surface area contributed by atoms with Crippen molar-refractivity contribution in [3.05, 3.63) is 0 Å². The number of hydrogen-bond donors (Lipinski definition) is 0. The van der Waals surface area contributed by atoms with Crippen molar-refractivity contribution in [3.8, 4) is 0 Å². The van der Waals surface area contributed by atoms with Crippen LogP contribution in [0.3, 0.4) is 0 Å². The van der Waals surface area contributed by atoms with Crippen LogP contribution in [-0.2, 0) is 14.5 Å². The Labute approximate surface area is 55.6 Å². The van der Waals surface area contributed by atoms with Gasteiger partial charge in [-0.25, -0.2) is 4.89 Å². The van der Waals surface area contributed by atoms with E-state index in [4.69, 9.17) is 0 Å². The summed E-state index contributed by atoms with van der Waals surface area (Å²) >= 11 is 0. The van der Waals surface area contributed by atoms with Gasteiger partial charge in [-0.05, 0) is 0 Å². The highest BCUT2D eigenvalue weighted by Crippen LogP contribution is 2.15. The van der Waals surface area contributed by atoms with Crippen molar-refractivity contribution in [1.29, 1.82) is 0 Å². The summed E-state index contributed by atoms with van der Waals surface area (Å²) in [5, 5.41) is 0. The average Bonchev–Trinajstić information content (AvgIpc) is 1.78. The van der Waals surface area contributed by atoms with Crippen molar-refractivity contribution in [3.63, 3.8) is 0 Å². The molecule has 0 rings (SSSR count). The fraction of sp³-hybridized carbons (Fsp3) is 1.00. The van der Waals surface area contributed by atoms with Gasteiger partial charge >= 0.3 is 6.36 Å². The van der Waals surface area contributed by atoms with Crippen LogP contribution in [0.25, 0.3) is 0 Å².